The number of hydrogen-bond acceptors (Lipinski definition) is 6. The Morgan fingerprint density at radius 1 is 0.556 bits per heavy atom. The zero-order valence-corrected chi connectivity index (χ0v) is 11.8. The van der Waals surface area contributed by atoms with Crippen LogP contribution in [0.5, 0.6) is 0 Å². The minimum atomic E-state index is -1.08. The molecule has 18 heavy (non-hydrogen) atoms. The summed E-state index contributed by atoms with van der Waals surface area (Å²) in [5, 5.41) is 26.7. The van der Waals surface area contributed by atoms with E-state index in [1.54, 1.807) is 0 Å². The van der Waals surface area contributed by atoms with Crippen molar-refractivity contribution in [2.24, 2.45) is 0 Å². The van der Waals surface area contributed by atoms with Crippen LogP contribution in [0.25, 0.3) is 0 Å². The van der Waals surface area contributed by atoms with Gasteiger partial charge in [0.05, 0.1) is 0 Å². The molecule has 0 aliphatic carbocycles. The second kappa shape index (κ2) is 56.0. The van der Waals surface area contributed by atoms with Gasteiger partial charge >= 0.3 is 25.8 Å². The summed E-state index contributed by atoms with van der Waals surface area (Å²) in [5.74, 6) is -3.25. The van der Waals surface area contributed by atoms with Crippen molar-refractivity contribution in [2.75, 3.05) is 0 Å². The SMILES string of the molecule is CC(=O)[O-].CC(=O)[O-].CC(=O)[O-].O.O.O.O.O.[Sc+3]. The standard InChI is InChI=1S/3C2H4O2.5H2O.Sc/c3*1-2(3)4;;;;;;/h3*1H3,(H,3,4);5*1H2;/q;;;;;;;;+3/p-3. The average molecular weight is 312 g/mol. The molecule has 112 valence electrons. The molecule has 0 saturated carbocycles. The van der Waals surface area contributed by atoms with E-state index < -0.39 is 17.9 Å². The van der Waals surface area contributed by atoms with Crippen LogP contribution in [0.15, 0.2) is 0 Å². The van der Waals surface area contributed by atoms with E-state index in [0.29, 0.717) is 0 Å². The van der Waals surface area contributed by atoms with E-state index in [1.807, 2.05) is 0 Å². The van der Waals surface area contributed by atoms with E-state index in [2.05, 4.69) is 0 Å². The van der Waals surface area contributed by atoms with Crippen molar-refractivity contribution < 1.29 is 82.9 Å². The van der Waals surface area contributed by atoms with Gasteiger partial charge in [0.1, 0.15) is 0 Å². The van der Waals surface area contributed by atoms with Crippen LogP contribution in [0.3, 0.4) is 0 Å². The fraction of sp³-hybridized carbons (Fsp3) is 0.500. The molecule has 10 N–H and O–H groups in total. The van der Waals surface area contributed by atoms with Gasteiger partial charge in [0, 0.05) is 17.9 Å². The number of rotatable bonds is 0. The van der Waals surface area contributed by atoms with Gasteiger partial charge in [0.25, 0.3) is 0 Å². The average Bonchev–Trinajstić information content (AvgIpc) is 1.54. The molecule has 0 aromatic heterocycles. The Labute approximate surface area is 122 Å². The molecule has 0 radical (unpaired) electrons. The van der Waals surface area contributed by atoms with Gasteiger partial charge in [-0.2, -0.15) is 0 Å². The smallest absolute Gasteiger partial charge is 0.550 e. The molecule has 0 bridgehead atoms. The summed E-state index contributed by atoms with van der Waals surface area (Å²) >= 11 is 0. The van der Waals surface area contributed by atoms with Crippen molar-refractivity contribution in [3.8, 4) is 0 Å². The van der Waals surface area contributed by atoms with E-state index in [-0.39, 0.29) is 53.2 Å². The molecule has 11 nitrogen and oxygen atoms in total. The number of carboxylic acids is 3. The second-order valence-electron chi connectivity index (χ2n) is 1.47. The summed E-state index contributed by atoms with van der Waals surface area (Å²) < 4.78 is 0. The van der Waals surface area contributed by atoms with Gasteiger partial charge in [-0.15, -0.1) is 0 Å². The van der Waals surface area contributed by atoms with E-state index in [9.17, 15) is 0 Å². The van der Waals surface area contributed by atoms with E-state index in [1.165, 1.54) is 0 Å². The minimum Gasteiger partial charge on any atom is -0.550 e. The first-order chi connectivity index (χ1) is 5.20. The van der Waals surface area contributed by atoms with E-state index in [0.717, 1.165) is 20.8 Å². The Balaban J connectivity index is -0.00000000827. The molecule has 0 amide bonds. The predicted octanol–water partition coefficient (Wildman–Crippen LogP) is -7.86. The summed E-state index contributed by atoms with van der Waals surface area (Å²) in [4.78, 5) is 26.7. The molecular formula is C6H19O11Sc. The maximum Gasteiger partial charge on any atom is 3.00 e. The molecule has 0 atom stereocenters. The molecule has 0 aromatic rings. The molecule has 0 rings (SSSR count). The fourth-order valence-electron chi connectivity index (χ4n) is 0. The van der Waals surface area contributed by atoms with Crippen LogP contribution in [0.4, 0.5) is 0 Å². The van der Waals surface area contributed by atoms with Crippen LogP contribution < -0.4 is 15.3 Å². The molecule has 0 fully saturated rings. The molecule has 0 unspecified atom stereocenters. The molecular weight excluding hydrogens is 293 g/mol. The third-order valence-electron chi connectivity index (χ3n) is 0. The van der Waals surface area contributed by atoms with Crippen molar-refractivity contribution in [1.82, 2.24) is 0 Å². The topological polar surface area (TPSA) is 278 Å². The summed E-state index contributed by atoms with van der Waals surface area (Å²) in [6.45, 7) is 2.92. The molecule has 0 spiro atoms. The molecule has 0 saturated heterocycles. The molecule has 12 heteroatoms. The maximum absolute atomic E-state index is 8.89. The van der Waals surface area contributed by atoms with Gasteiger partial charge in [-0.1, -0.05) is 0 Å². The van der Waals surface area contributed by atoms with E-state index >= 15 is 0 Å². The predicted molar refractivity (Wildman–Crippen MR) is 50.1 cm³/mol. The van der Waals surface area contributed by atoms with Gasteiger partial charge in [0.15, 0.2) is 0 Å². The quantitative estimate of drug-likeness (QED) is 0.417. The van der Waals surface area contributed by atoms with Gasteiger partial charge in [-0.3, -0.25) is 0 Å². The molecule has 0 heterocycles. The Morgan fingerprint density at radius 2 is 0.556 bits per heavy atom. The van der Waals surface area contributed by atoms with Crippen molar-refractivity contribution in [3.05, 3.63) is 0 Å². The maximum atomic E-state index is 8.89. The monoisotopic (exact) mass is 312 g/mol. The normalized spacial score (nSPS) is 4.17. The summed E-state index contributed by atoms with van der Waals surface area (Å²) in [7, 11) is 0. The van der Waals surface area contributed by atoms with Crippen LogP contribution in [0.2, 0.25) is 0 Å². The van der Waals surface area contributed by atoms with Crippen molar-refractivity contribution in [3.63, 3.8) is 0 Å². The minimum absolute atomic E-state index is 0. The van der Waals surface area contributed by atoms with Gasteiger partial charge in [0.2, 0.25) is 0 Å². The Hall–Kier alpha value is -0.920. The first-order valence-corrected chi connectivity index (χ1v) is 2.72. The summed E-state index contributed by atoms with van der Waals surface area (Å²) in [6.07, 6.45) is 0. The molecule has 0 aliphatic rings. The zero-order chi connectivity index (χ0) is 10.7. The third kappa shape index (κ3) is 3530. The number of carbonyl (C=O) groups is 3. The number of aliphatic carboxylic acids is 3. The van der Waals surface area contributed by atoms with Crippen molar-refractivity contribution in [2.45, 2.75) is 20.8 Å². The number of carbonyl (C=O) groups excluding carboxylic acids is 3. The summed E-state index contributed by atoms with van der Waals surface area (Å²) in [6, 6.07) is 0. The first kappa shape index (κ1) is 67.6. The Morgan fingerprint density at radius 3 is 0.556 bits per heavy atom. The molecule has 0 aromatic carbocycles. The van der Waals surface area contributed by atoms with Gasteiger partial charge in [-0.05, 0) is 20.8 Å². The largest absolute Gasteiger partial charge is 3.00 e. The van der Waals surface area contributed by atoms with Crippen molar-refractivity contribution in [1.29, 1.82) is 0 Å². The third-order valence-corrected chi connectivity index (χ3v) is 0. The fourth-order valence-corrected chi connectivity index (χ4v) is 0. The second-order valence-corrected chi connectivity index (χ2v) is 1.47. The number of carboxylic acid groups (broad SMARTS) is 3. The van der Waals surface area contributed by atoms with Crippen molar-refractivity contribution >= 4 is 17.9 Å². The Kier molecular flexibility index (Phi) is 210. The van der Waals surface area contributed by atoms with Crippen LogP contribution in [0.1, 0.15) is 20.8 Å². The van der Waals surface area contributed by atoms with Gasteiger partial charge < -0.3 is 57.1 Å². The van der Waals surface area contributed by atoms with E-state index in [4.69, 9.17) is 29.7 Å². The zero-order valence-electron chi connectivity index (χ0n) is 10.0. The van der Waals surface area contributed by atoms with Crippen LogP contribution >= 0.6 is 0 Å². The first-order valence-electron chi connectivity index (χ1n) is 2.72. The summed E-state index contributed by atoms with van der Waals surface area (Å²) in [5.41, 5.74) is 0. The van der Waals surface area contributed by atoms with Crippen LogP contribution in [-0.4, -0.2) is 45.3 Å². The van der Waals surface area contributed by atoms with Gasteiger partial charge in [-0.25, -0.2) is 0 Å². The Bertz CT molecular complexity index is 119. The number of hydrogen-bond donors (Lipinski definition) is 0. The van der Waals surface area contributed by atoms with Crippen LogP contribution in [0, 0.1) is 0 Å². The van der Waals surface area contributed by atoms with Crippen LogP contribution in [-0.2, 0) is 40.2 Å². The molecule has 0 aliphatic heterocycles.